The molecule has 0 aromatic heterocycles. The third-order valence-corrected chi connectivity index (χ3v) is 2.04. The second kappa shape index (κ2) is 2.99. The lowest BCUT2D eigenvalue weighted by Gasteiger charge is -2.18. The maximum absolute atomic E-state index is 5.67. The molecule has 2 rings (SSSR count). The van der Waals surface area contributed by atoms with E-state index in [0.717, 1.165) is 11.4 Å². The van der Waals surface area contributed by atoms with Crippen LogP contribution in [0, 0.1) is 0 Å². The molecule has 0 fully saturated rings. The molecule has 0 saturated heterocycles. The highest BCUT2D eigenvalue weighted by Gasteiger charge is 2.16. The first kappa shape index (κ1) is 7.94. The number of hydrogen-bond acceptors (Lipinski definition) is 4. The molecule has 1 aromatic carbocycles. The van der Waals surface area contributed by atoms with Crippen LogP contribution in [-0.4, -0.2) is 0 Å². The van der Waals surface area contributed by atoms with Crippen molar-refractivity contribution < 1.29 is 0 Å². The van der Waals surface area contributed by atoms with Crippen molar-refractivity contribution in [2.45, 2.75) is 6.92 Å². The van der Waals surface area contributed by atoms with E-state index in [1.54, 1.807) is 0 Å². The van der Waals surface area contributed by atoms with Crippen LogP contribution in [-0.2, 0) is 0 Å². The molecular formula is C9H12N4. The summed E-state index contributed by atoms with van der Waals surface area (Å²) in [5.74, 6) is 0.656. The third-order valence-electron chi connectivity index (χ3n) is 2.04. The van der Waals surface area contributed by atoms with Crippen LogP contribution >= 0.6 is 0 Å². The van der Waals surface area contributed by atoms with Gasteiger partial charge in [-0.25, -0.2) is 0 Å². The molecular weight excluding hydrogens is 164 g/mol. The number of anilines is 1. The number of allylic oxidation sites excluding steroid dienone is 1. The number of nitrogens with one attached hydrogen (secondary N) is 2. The number of rotatable bonds is 1. The summed E-state index contributed by atoms with van der Waals surface area (Å²) in [6, 6.07) is 9.97. The zero-order valence-corrected chi connectivity index (χ0v) is 7.41. The lowest BCUT2D eigenvalue weighted by atomic mass is 10.3. The van der Waals surface area contributed by atoms with Gasteiger partial charge in [0.25, 0.3) is 0 Å². The monoisotopic (exact) mass is 176 g/mol. The predicted molar refractivity (Wildman–Crippen MR) is 52.1 cm³/mol. The second-order valence-electron chi connectivity index (χ2n) is 2.91. The minimum absolute atomic E-state index is 0.656. The molecule has 0 radical (unpaired) electrons. The van der Waals surface area contributed by atoms with Crippen LogP contribution in [0.2, 0.25) is 0 Å². The molecule has 1 heterocycles. The van der Waals surface area contributed by atoms with Crippen molar-refractivity contribution in [2.75, 3.05) is 5.01 Å². The van der Waals surface area contributed by atoms with Crippen LogP contribution in [0.4, 0.5) is 5.69 Å². The summed E-state index contributed by atoms with van der Waals surface area (Å²) in [6.07, 6.45) is 0. The molecule has 0 spiro atoms. The fourth-order valence-electron chi connectivity index (χ4n) is 1.25. The van der Waals surface area contributed by atoms with Gasteiger partial charge in [-0.3, -0.25) is 10.4 Å². The fourth-order valence-corrected chi connectivity index (χ4v) is 1.25. The molecule has 13 heavy (non-hydrogen) atoms. The standard InChI is InChI=1S/C9H12N4/c1-7-9(10)11-12-13(7)8-5-3-2-4-6-8/h2-6,11-12H,10H2,1H3. The molecule has 1 aromatic rings. The molecule has 0 saturated carbocycles. The number of nitrogens with two attached hydrogens (primary N) is 1. The molecule has 4 nitrogen and oxygen atoms in total. The van der Waals surface area contributed by atoms with Gasteiger partial charge in [-0.1, -0.05) is 18.2 Å². The Kier molecular flexibility index (Phi) is 1.83. The topological polar surface area (TPSA) is 53.3 Å². The molecule has 0 aliphatic carbocycles. The molecule has 4 heteroatoms. The number of hydrazine groups is 2. The summed E-state index contributed by atoms with van der Waals surface area (Å²) >= 11 is 0. The molecule has 0 bridgehead atoms. The number of para-hydroxylation sites is 1. The van der Waals surface area contributed by atoms with Crippen molar-refractivity contribution in [3.8, 4) is 0 Å². The summed E-state index contributed by atoms with van der Waals surface area (Å²) in [7, 11) is 0. The van der Waals surface area contributed by atoms with Gasteiger partial charge >= 0.3 is 0 Å². The molecule has 0 atom stereocenters. The highest BCUT2D eigenvalue weighted by Crippen LogP contribution is 2.18. The third kappa shape index (κ3) is 1.31. The zero-order valence-electron chi connectivity index (χ0n) is 7.41. The number of nitrogens with zero attached hydrogens (tertiary/aromatic N) is 1. The van der Waals surface area contributed by atoms with Gasteiger partial charge in [-0.15, -0.1) is 5.53 Å². The number of benzene rings is 1. The van der Waals surface area contributed by atoms with E-state index in [-0.39, 0.29) is 0 Å². The van der Waals surface area contributed by atoms with Crippen molar-refractivity contribution in [3.05, 3.63) is 41.8 Å². The molecule has 0 unspecified atom stereocenters. The summed E-state index contributed by atoms with van der Waals surface area (Å²) in [4.78, 5) is 0. The van der Waals surface area contributed by atoms with E-state index in [1.807, 2.05) is 42.3 Å². The van der Waals surface area contributed by atoms with Gasteiger partial charge in [0.05, 0.1) is 11.4 Å². The van der Waals surface area contributed by atoms with Gasteiger partial charge in [-0.2, -0.15) is 0 Å². The van der Waals surface area contributed by atoms with Gasteiger partial charge < -0.3 is 5.73 Å². The first-order valence-corrected chi connectivity index (χ1v) is 4.12. The van der Waals surface area contributed by atoms with Crippen LogP contribution in [0.3, 0.4) is 0 Å². The summed E-state index contributed by atoms with van der Waals surface area (Å²) in [5.41, 5.74) is 13.5. The van der Waals surface area contributed by atoms with Crippen molar-refractivity contribution in [1.29, 1.82) is 0 Å². The summed E-state index contributed by atoms with van der Waals surface area (Å²) < 4.78 is 0. The van der Waals surface area contributed by atoms with Crippen molar-refractivity contribution in [3.63, 3.8) is 0 Å². The quantitative estimate of drug-likeness (QED) is 0.588. The van der Waals surface area contributed by atoms with E-state index in [1.165, 1.54) is 0 Å². The van der Waals surface area contributed by atoms with E-state index in [9.17, 15) is 0 Å². The first-order valence-electron chi connectivity index (χ1n) is 4.12. The van der Waals surface area contributed by atoms with Gasteiger partial charge in [0.15, 0.2) is 0 Å². The Bertz CT molecular complexity index is 331. The highest BCUT2D eigenvalue weighted by atomic mass is 15.7. The minimum Gasteiger partial charge on any atom is -0.383 e. The highest BCUT2D eigenvalue weighted by molar-refractivity contribution is 5.51. The molecule has 68 valence electrons. The largest absolute Gasteiger partial charge is 0.383 e. The SMILES string of the molecule is CC1=C(N)NNN1c1ccccc1. The average molecular weight is 176 g/mol. The Morgan fingerprint density at radius 2 is 1.92 bits per heavy atom. The summed E-state index contributed by atoms with van der Waals surface area (Å²) in [6.45, 7) is 1.95. The Morgan fingerprint density at radius 3 is 2.46 bits per heavy atom. The molecule has 1 aliphatic heterocycles. The van der Waals surface area contributed by atoms with Crippen LogP contribution in [0.15, 0.2) is 41.8 Å². The van der Waals surface area contributed by atoms with E-state index in [4.69, 9.17) is 5.73 Å². The van der Waals surface area contributed by atoms with Crippen LogP contribution in [0.1, 0.15) is 6.92 Å². The molecule has 1 aliphatic rings. The van der Waals surface area contributed by atoms with Crippen molar-refractivity contribution in [2.24, 2.45) is 5.73 Å². The summed E-state index contributed by atoms with van der Waals surface area (Å²) in [5, 5.41) is 1.90. The Labute approximate surface area is 77.0 Å². The molecule has 4 N–H and O–H groups in total. The lowest BCUT2D eigenvalue weighted by Crippen LogP contribution is -2.38. The lowest BCUT2D eigenvalue weighted by molar-refractivity contribution is 0.651. The fraction of sp³-hybridized carbons (Fsp3) is 0.111. The van der Waals surface area contributed by atoms with Gasteiger partial charge in [0.2, 0.25) is 0 Å². The smallest absolute Gasteiger partial charge is 0.133 e. The van der Waals surface area contributed by atoms with Crippen molar-refractivity contribution in [1.82, 2.24) is 11.0 Å². The maximum atomic E-state index is 5.67. The maximum Gasteiger partial charge on any atom is 0.133 e. The van der Waals surface area contributed by atoms with Gasteiger partial charge in [0.1, 0.15) is 5.82 Å². The zero-order chi connectivity index (χ0) is 9.26. The normalized spacial score (nSPS) is 16.2. The molecule has 0 amide bonds. The van der Waals surface area contributed by atoms with Crippen LogP contribution < -0.4 is 21.7 Å². The van der Waals surface area contributed by atoms with E-state index in [0.29, 0.717) is 5.82 Å². The Morgan fingerprint density at radius 1 is 1.23 bits per heavy atom. The van der Waals surface area contributed by atoms with E-state index < -0.39 is 0 Å². The predicted octanol–water partition coefficient (Wildman–Crippen LogP) is 0.663. The first-order chi connectivity index (χ1) is 6.29. The minimum atomic E-state index is 0.656. The second-order valence-corrected chi connectivity index (χ2v) is 2.91. The van der Waals surface area contributed by atoms with Gasteiger partial charge in [0, 0.05) is 0 Å². The van der Waals surface area contributed by atoms with E-state index >= 15 is 0 Å². The number of hydrogen-bond donors (Lipinski definition) is 3. The van der Waals surface area contributed by atoms with Gasteiger partial charge in [-0.05, 0) is 19.1 Å². The average Bonchev–Trinajstić information content (AvgIpc) is 2.49. The van der Waals surface area contributed by atoms with Crippen molar-refractivity contribution >= 4 is 5.69 Å². The van der Waals surface area contributed by atoms with Crippen LogP contribution in [0.25, 0.3) is 0 Å². The van der Waals surface area contributed by atoms with E-state index in [2.05, 4.69) is 11.0 Å². The Hall–Kier alpha value is -1.68. The Balaban J connectivity index is 2.30. The van der Waals surface area contributed by atoms with Crippen LogP contribution in [0.5, 0.6) is 0 Å².